The third-order valence-electron chi connectivity index (χ3n) is 3.05. The summed E-state index contributed by atoms with van der Waals surface area (Å²) < 4.78 is 0. The maximum atomic E-state index is 4.32. The average molecular weight is 219 g/mol. The van der Waals surface area contributed by atoms with Crippen molar-refractivity contribution in [1.29, 1.82) is 0 Å². The molecule has 0 spiro atoms. The van der Waals surface area contributed by atoms with Gasteiger partial charge in [0.1, 0.15) is 0 Å². The average Bonchev–Trinajstić information content (AvgIpc) is 2.42. The molecule has 1 aromatic rings. The van der Waals surface area contributed by atoms with Gasteiger partial charge in [-0.3, -0.25) is 4.98 Å². The van der Waals surface area contributed by atoms with Crippen molar-refractivity contribution in [3.05, 3.63) is 29.6 Å². The van der Waals surface area contributed by atoms with E-state index in [0.717, 1.165) is 26.2 Å². The highest BCUT2D eigenvalue weighted by atomic mass is 15.0. The van der Waals surface area contributed by atoms with Gasteiger partial charge in [0.2, 0.25) is 0 Å². The fraction of sp³-hybridized carbons (Fsp3) is 0.615. The van der Waals surface area contributed by atoms with Crippen LogP contribution in [0.2, 0.25) is 0 Å². The molecule has 16 heavy (non-hydrogen) atoms. The molecule has 1 aliphatic carbocycles. The predicted molar refractivity (Wildman–Crippen MR) is 66.6 cm³/mol. The van der Waals surface area contributed by atoms with Crippen LogP contribution in [0, 0.1) is 0 Å². The first kappa shape index (κ1) is 11.6. The van der Waals surface area contributed by atoms with Crippen molar-refractivity contribution in [2.75, 3.05) is 26.2 Å². The van der Waals surface area contributed by atoms with Crippen molar-refractivity contribution in [3.63, 3.8) is 0 Å². The molecule has 3 nitrogen and oxygen atoms in total. The minimum absolute atomic E-state index is 1.14. The highest BCUT2D eigenvalue weighted by Gasteiger charge is 2.07. The number of piperazine rings is 1. The zero-order valence-electron chi connectivity index (χ0n) is 9.84. The summed E-state index contributed by atoms with van der Waals surface area (Å²) in [5, 5.41) is 6.44. The number of pyridine rings is 1. The van der Waals surface area contributed by atoms with Gasteiger partial charge in [-0.1, -0.05) is 6.07 Å². The molecule has 2 aliphatic rings. The van der Waals surface area contributed by atoms with Gasteiger partial charge in [0.15, 0.2) is 0 Å². The Morgan fingerprint density at radius 1 is 0.938 bits per heavy atom. The topological polar surface area (TPSA) is 37.0 Å². The third kappa shape index (κ3) is 3.58. The van der Waals surface area contributed by atoms with Gasteiger partial charge in [0.25, 0.3) is 0 Å². The molecular formula is C13H21N3. The molecule has 0 bridgehead atoms. The minimum atomic E-state index is 1.14. The Bertz CT molecular complexity index is 271. The van der Waals surface area contributed by atoms with Gasteiger partial charge in [-0.2, -0.15) is 0 Å². The quantitative estimate of drug-likeness (QED) is 0.687. The Kier molecular flexibility index (Phi) is 4.77. The van der Waals surface area contributed by atoms with Crippen LogP contribution in [0.3, 0.4) is 0 Å². The first-order chi connectivity index (χ1) is 7.97. The van der Waals surface area contributed by atoms with E-state index in [1.54, 1.807) is 0 Å². The van der Waals surface area contributed by atoms with Gasteiger partial charge in [-0.25, -0.2) is 0 Å². The summed E-state index contributed by atoms with van der Waals surface area (Å²) >= 11 is 0. The highest BCUT2D eigenvalue weighted by Crippen LogP contribution is 2.17. The number of hydrogen-bond acceptors (Lipinski definition) is 3. The summed E-state index contributed by atoms with van der Waals surface area (Å²) in [6, 6.07) is 4.23. The van der Waals surface area contributed by atoms with E-state index >= 15 is 0 Å². The lowest BCUT2D eigenvalue weighted by atomic mass is 9.96. The second-order valence-corrected chi connectivity index (χ2v) is 4.32. The smallest absolute Gasteiger partial charge is 0.0435 e. The van der Waals surface area contributed by atoms with E-state index in [0.29, 0.717) is 0 Å². The first-order valence-electron chi connectivity index (χ1n) is 6.31. The van der Waals surface area contributed by atoms with Gasteiger partial charge in [-0.15, -0.1) is 0 Å². The molecule has 0 aromatic carbocycles. The molecule has 2 heterocycles. The molecule has 1 aliphatic heterocycles. The van der Waals surface area contributed by atoms with Gasteiger partial charge < -0.3 is 10.6 Å². The van der Waals surface area contributed by atoms with Crippen molar-refractivity contribution >= 4 is 0 Å². The number of fused-ring (bicyclic) bond motifs is 1. The van der Waals surface area contributed by atoms with Crippen LogP contribution < -0.4 is 10.6 Å². The van der Waals surface area contributed by atoms with Crippen LogP contribution in [-0.4, -0.2) is 31.2 Å². The zero-order chi connectivity index (χ0) is 11.1. The summed E-state index contributed by atoms with van der Waals surface area (Å²) in [6.45, 7) is 4.56. The lowest BCUT2D eigenvalue weighted by molar-refractivity contribution is 0.534. The van der Waals surface area contributed by atoms with Crippen LogP contribution in [0.15, 0.2) is 18.3 Å². The molecule has 3 rings (SSSR count). The van der Waals surface area contributed by atoms with Crippen LogP contribution in [-0.2, 0) is 12.8 Å². The molecule has 3 heteroatoms. The Morgan fingerprint density at radius 3 is 2.25 bits per heavy atom. The Morgan fingerprint density at radius 2 is 1.62 bits per heavy atom. The highest BCUT2D eigenvalue weighted by molar-refractivity contribution is 5.21. The normalized spacial score (nSPS) is 19.2. The molecule has 2 N–H and O–H groups in total. The van der Waals surface area contributed by atoms with Crippen LogP contribution in [0.1, 0.15) is 24.1 Å². The number of hydrogen-bond donors (Lipinski definition) is 2. The first-order valence-corrected chi connectivity index (χ1v) is 6.31. The molecule has 88 valence electrons. The summed E-state index contributed by atoms with van der Waals surface area (Å²) in [4.78, 5) is 4.32. The second-order valence-electron chi connectivity index (χ2n) is 4.32. The van der Waals surface area contributed by atoms with Crippen molar-refractivity contribution in [2.45, 2.75) is 25.7 Å². The van der Waals surface area contributed by atoms with E-state index in [1.165, 1.54) is 36.9 Å². The van der Waals surface area contributed by atoms with E-state index in [1.807, 2.05) is 12.3 Å². The minimum Gasteiger partial charge on any atom is -0.314 e. The van der Waals surface area contributed by atoms with Crippen LogP contribution in [0.25, 0.3) is 0 Å². The summed E-state index contributed by atoms with van der Waals surface area (Å²) in [5.74, 6) is 0. The third-order valence-corrected chi connectivity index (χ3v) is 3.05. The van der Waals surface area contributed by atoms with E-state index in [4.69, 9.17) is 0 Å². The Labute approximate surface area is 97.7 Å². The van der Waals surface area contributed by atoms with Crippen molar-refractivity contribution in [2.24, 2.45) is 0 Å². The van der Waals surface area contributed by atoms with E-state index in [-0.39, 0.29) is 0 Å². The zero-order valence-corrected chi connectivity index (χ0v) is 9.84. The maximum Gasteiger partial charge on any atom is 0.0435 e. The van der Waals surface area contributed by atoms with Gasteiger partial charge in [-0.05, 0) is 37.3 Å². The second kappa shape index (κ2) is 6.61. The fourth-order valence-electron chi connectivity index (χ4n) is 2.14. The monoisotopic (exact) mass is 219 g/mol. The predicted octanol–water partition coefficient (Wildman–Crippen LogP) is 1.14. The van der Waals surface area contributed by atoms with Crippen molar-refractivity contribution in [1.82, 2.24) is 15.6 Å². The van der Waals surface area contributed by atoms with E-state index in [2.05, 4.69) is 21.7 Å². The van der Waals surface area contributed by atoms with Gasteiger partial charge in [0, 0.05) is 38.1 Å². The Balaban J connectivity index is 0.000000138. The molecule has 1 aromatic heterocycles. The van der Waals surface area contributed by atoms with Crippen LogP contribution in [0.4, 0.5) is 0 Å². The maximum absolute atomic E-state index is 4.32. The van der Waals surface area contributed by atoms with E-state index in [9.17, 15) is 0 Å². The lowest BCUT2D eigenvalue weighted by Gasteiger charge is -2.12. The van der Waals surface area contributed by atoms with E-state index < -0.39 is 0 Å². The standard InChI is InChI=1S/C9H11N.C4H10N2/c1-2-6-9-8(4-1)5-3-7-10-9;1-2-6-4-3-5-1/h3,5,7H,1-2,4,6H2;5-6H,1-4H2. The number of nitrogens with zero attached hydrogens (tertiary/aromatic N) is 1. The van der Waals surface area contributed by atoms with Crippen molar-refractivity contribution in [3.8, 4) is 0 Å². The van der Waals surface area contributed by atoms with Crippen LogP contribution in [0.5, 0.6) is 0 Å². The SMILES string of the molecule is C1CNCCN1.c1cnc2c(c1)CCCC2. The number of rotatable bonds is 0. The number of aryl methyl sites for hydroxylation is 2. The molecule has 0 unspecified atom stereocenters. The molecule has 0 amide bonds. The van der Waals surface area contributed by atoms with Crippen LogP contribution >= 0.6 is 0 Å². The Hall–Kier alpha value is -0.930. The molecule has 0 atom stereocenters. The number of nitrogens with one attached hydrogen (secondary N) is 2. The largest absolute Gasteiger partial charge is 0.314 e. The summed E-state index contributed by atoms with van der Waals surface area (Å²) in [7, 11) is 0. The lowest BCUT2D eigenvalue weighted by Crippen LogP contribution is -2.39. The van der Waals surface area contributed by atoms with Gasteiger partial charge >= 0.3 is 0 Å². The molecule has 0 saturated carbocycles. The molecule has 1 saturated heterocycles. The molecular weight excluding hydrogens is 198 g/mol. The summed E-state index contributed by atoms with van der Waals surface area (Å²) in [6.07, 6.45) is 6.99. The fourth-order valence-corrected chi connectivity index (χ4v) is 2.14. The van der Waals surface area contributed by atoms with Crippen molar-refractivity contribution < 1.29 is 0 Å². The molecule has 0 radical (unpaired) electrons. The summed E-state index contributed by atoms with van der Waals surface area (Å²) in [5.41, 5.74) is 2.79. The number of aromatic nitrogens is 1. The van der Waals surface area contributed by atoms with Gasteiger partial charge in [0.05, 0.1) is 0 Å². The molecule has 1 fully saturated rings.